The maximum absolute atomic E-state index is 9.74. The highest BCUT2D eigenvalue weighted by Crippen LogP contribution is 2.20. The summed E-state index contributed by atoms with van der Waals surface area (Å²) >= 11 is 0. The summed E-state index contributed by atoms with van der Waals surface area (Å²) in [4.78, 5) is 3.15. The fraction of sp³-hybridized carbons (Fsp3) is 0.273. The molecule has 0 aliphatic rings. The van der Waals surface area contributed by atoms with Gasteiger partial charge in [-0.2, -0.15) is 0 Å². The van der Waals surface area contributed by atoms with Gasteiger partial charge < -0.3 is 15.8 Å². The van der Waals surface area contributed by atoms with Gasteiger partial charge in [0.15, 0.2) is 0 Å². The van der Waals surface area contributed by atoms with Crippen LogP contribution in [0.2, 0.25) is 0 Å². The van der Waals surface area contributed by atoms with E-state index in [4.69, 9.17) is 5.73 Å². The van der Waals surface area contributed by atoms with Crippen LogP contribution in [0.1, 0.15) is 18.7 Å². The van der Waals surface area contributed by atoms with Crippen molar-refractivity contribution < 1.29 is 5.11 Å². The maximum atomic E-state index is 9.74. The third kappa shape index (κ3) is 1.52. The SMILES string of the molecule is C[C@H](N)C(O)c1cc2ccccc2[nH]1. The predicted octanol–water partition coefficient (Wildman–Crippen LogP) is 1.55. The van der Waals surface area contributed by atoms with Crippen molar-refractivity contribution in [3.63, 3.8) is 0 Å². The minimum atomic E-state index is -0.623. The van der Waals surface area contributed by atoms with Crippen LogP contribution in [0.25, 0.3) is 10.9 Å². The molecule has 0 fully saturated rings. The number of aliphatic hydroxyl groups is 1. The molecule has 3 nitrogen and oxygen atoms in total. The molecule has 0 amide bonds. The quantitative estimate of drug-likeness (QED) is 0.672. The van der Waals surface area contributed by atoms with E-state index in [2.05, 4.69) is 4.98 Å². The lowest BCUT2D eigenvalue weighted by Gasteiger charge is -2.11. The second-order valence-corrected chi connectivity index (χ2v) is 3.62. The summed E-state index contributed by atoms with van der Waals surface area (Å²) in [5.74, 6) is 0. The fourth-order valence-electron chi connectivity index (χ4n) is 1.54. The number of nitrogens with one attached hydrogen (secondary N) is 1. The fourth-order valence-corrected chi connectivity index (χ4v) is 1.54. The predicted molar refractivity (Wildman–Crippen MR) is 56.9 cm³/mol. The summed E-state index contributed by atoms with van der Waals surface area (Å²) in [5.41, 5.74) is 7.43. The Bertz CT molecular complexity index is 401. The summed E-state index contributed by atoms with van der Waals surface area (Å²) in [6.07, 6.45) is -0.623. The molecule has 0 bridgehead atoms. The molecule has 2 atom stereocenters. The molecular weight excluding hydrogens is 176 g/mol. The number of rotatable bonds is 2. The standard InChI is InChI=1S/C11H14N2O/c1-7(12)11(14)10-6-8-4-2-3-5-9(8)13-10/h2-7,11,13-14H,12H2,1H3/t7-,11?/m0/s1. The van der Waals surface area contributed by atoms with Crippen molar-refractivity contribution in [2.45, 2.75) is 19.1 Å². The van der Waals surface area contributed by atoms with Crippen LogP contribution in [0.5, 0.6) is 0 Å². The Morgan fingerprint density at radius 1 is 1.36 bits per heavy atom. The van der Waals surface area contributed by atoms with E-state index in [0.29, 0.717) is 0 Å². The monoisotopic (exact) mass is 190 g/mol. The van der Waals surface area contributed by atoms with Gasteiger partial charge in [0, 0.05) is 17.3 Å². The van der Waals surface area contributed by atoms with Crippen LogP contribution in [0.15, 0.2) is 30.3 Å². The van der Waals surface area contributed by atoms with E-state index >= 15 is 0 Å². The first-order valence-corrected chi connectivity index (χ1v) is 4.70. The van der Waals surface area contributed by atoms with Crippen LogP contribution < -0.4 is 5.73 Å². The van der Waals surface area contributed by atoms with E-state index in [1.165, 1.54) is 0 Å². The average Bonchev–Trinajstić information content (AvgIpc) is 2.59. The van der Waals surface area contributed by atoms with Crippen molar-refractivity contribution in [2.24, 2.45) is 5.73 Å². The van der Waals surface area contributed by atoms with Gasteiger partial charge in [-0.1, -0.05) is 18.2 Å². The first-order valence-electron chi connectivity index (χ1n) is 4.70. The lowest BCUT2D eigenvalue weighted by molar-refractivity contribution is 0.149. The molecule has 14 heavy (non-hydrogen) atoms. The van der Waals surface area contributed by atoms with Crippen molar-refractivity contribution in [3.05, 3.63) is 36.0 Å². The molecule has 1 aromatic carbocycles. The van der Waals surface area contributed by atoms with Crippen LogP contribution in [-0.2, 0) is 0 Å². The lowest BCUT2D eigenvalue weighted by atomic mass is 10.1. The average molecular weight is 190 g/mol. The molecule has 0 spiro atoms. The molecule has 0 radical (unpaired) electrons. The largest absolute Gasteiger partial charge is 0.385 e. The minimum Gasteiger partial charge on any atom is -0.385 e. The van der Waals surface area contributed by atoms with Crippen LogP contribution in [0, 0.1) is 0 Å². The van der Waals surface area contributed by atoms with Gasteiger partial charge in [-0.25, -0.2) is 0 Å². The highest BCUT2D eigenvalue weighted by Gasteiger charge is 2.14. The van der Waals surface area contributed by atoms with Crippen molar-refractivity contribution in [1.82, 2.24) is 4.98 Å². The molecule has 0 aliphatic heterocycles. The van der Waals surface area contributed by atoms with E-state index < -0.39 is 6.10 Å². The van der Waals surface area contributed by atoms with E-state index in [9.17, 15) is 5.11 Å². The molecule has 1 aromatic heterocycles. The van der Waals surface area contributed by atoms with Crippen molar-refractivity contribution in [2.75, 3.05) is 0 Å². The topological polar surface area (TPSA) is 62.0 Å². The molecule has 0 saturated carbocycles. The zero-order chi connectivity index (χ0) is 10.1. The number of aromatic nitrogens is 1. The summed E-state index contributed by atoms with van der Waals surface area (Å²) in [5, 5.41) is 10.8. The number of nitrogens with two attached hydrogens (primary N) is 1. The number of aliphatic hydroxyl groups excluding tert-OH is 1. The molecule has 0 aliphatic carbocycles. The van der Waals surface area contributed by atoms with Crippen LogP contribution in [0.4, 0.5) is 0 Å². The summed E-state index contributed by atoms with van der Waals surface area (Å²) in [6, 6.07) is 9.58. The van der Waals surface area contributed by atoms with E-state index in [0.717, 1.165) is 16.6 Å². The Hall–Kier alpha value is -1.32. The summed E-state index contributed by atoms with van der Waals surface area (Å²) in [7, 11) is 0. The molecular formula is C11H14N2O. The number of hydrogen-bond donors (Lipinski definition) is 3. The molecule has 4 N–H and O–H groups in total. The number of aromatic amines is 1. The highest BCUT2D eigenvalue weighted by atomic mass is 16.3. The van der Waals surface area contributed by atoms with Gasteiger partial charge >= 0.3 is 0 Å². The number of hydrogen-bond acceptors (Lipinski definition) is 2. The number of para-hydroxylation sites is 1. The second kappa shape index (κ2) is 3.44. The number of benzene rings is 1. The van der Waals surface area contributed by atoms with Gasteiger partial charge in [0.05, 0.1) is 0 Å². The molecule has 74 valence electrons. The van der Waals surface area contributed by atoms with E-state index in [1.807, 2.05) is 30.3 Å². The van der Waals surface area contributed by atoms with Crippen LogP contribution >= 0.6 is 0 Å². The normalized spacial score (nSPS) is 15.6. The third-order valence-corrected chi connectivity index (χ3v) is 2.37. The van der Waals surface area contributed by atoms with Gasteiger partial charge in [-0.3, -0.25) is 0 Å². The van der Waals surface area contributed by atoms with Gasteiger partial charge in [0.25, 0.3) is 0 Å². The van der Waals surface area contributed by atoms with Gasteiger partial charge in [-0.15, -0.1) is 0 Å². The molecule has 1 heterocycles. The Kier molecular flexibility index (Phi) is 2.27. The number of fused-ring (bicyclic) bond motifs is 1. The van der Waals surface area contributed by atoms with Crippen molar-refractivity contribution >= 4 is 10.9 Å². The van der Waals surface area contributed by atoms with Gasteiger partial charge in [0.2, 0.25) is 0 Å². The first kappa shape index (κ1) is 9.24. The molecule has 2 aromatic rings. The Morgan fingerprint density at radius 3 is 2.71 bits per heavy atom. The Balaban J connectivity index is 2.45. The lowest BCUT2D eigenvalue weighted by Crippen LogP contribution is -2.24. The molecule has 2 rings (SSSR count). The minimum absolute atomic E-state index is 0.261. The first-order chi connectivity index (χ1) is 6.68. The van der Waals surface area contributed by atoms with Crippen molar-refractivity contribution in [3.8, 4) is 0 Å². The molecule has 3 heteroatoms. The van der Waals surface area contributed by atoms with Crippen molar-refractivity contribution in [1.29, 1.82) is 0 Å². The van der Waals surface area contributed by atoms with E-state index in [-0.39, 0.29) is 6.04 Å². The highest BCUT2D eigenvalue weighted by molar-refractivity contribution is 5.80. The Morgan fingerprint density at radius 2 is 2.07 bits per heavy atom. The van der Waals surface area contributed by atoms with Gasteiger partial charge in [-0.05, 0) is 24.4 Å². The summed E-state index contributed by atoms with van der Waals surface area (Å²) < 4.78 is 0. The second-order valence-electron chi connectivity index (χ2n) is 3.62. The maximum Gasteiger partial charge on any atom is 0.108 e. The van der Waals surface area contributed by atoms with E-state index in [1.54, 1.807) is 6.92 Å². The molecule has 1 unspecified atom stereocenters. The van der Waals surface area contributed by atoms with Crippen LogP contribution in [0.3, 0.4) is 0 Å². The Labute approximate surface area is 82.6 Å². The zero-order valence-electron chi connectivity index (χ0n) is 8.07. The molecule has 0 saturated heterocycles. The third-order valence-electron chi connectivity index (χ3n) is 2.37. The zero-order valence-corrected chi connectivity index (χ0v) is 8.07. The van der Waals surface area contributed by atoms with Crippen LogP contribution in [-0.4, -0.2) is 16.1 Å². The number of H-pyrrole nitrogens is 1. The smallest absolute Gasteiger partial charge is 0.108 e. The van der Waals surface area contributed by atoms with Gasteiger partial charge in [0.1, 0.15) is 6.10 Å². The summed E-state index contributed by atoms with van der Waals surface area (Å²) in [6.45, 7) is 1.79.